The largest absolute Gasteiger partial charge is 0.450 e. The first-order valence-electron chi connectivity index (χ1n) is 10.9. The fourth-order valence-corrected chi connectivity index (χ4v) is 4.14. The van der Waals surface area contributed by atoms with Crippen LogP contribution in [0.4, 0.5) is 10.6 Å². The number of hydrogen-bond acceptors (Lipinski definition) is 6. The van der Waals surface area contributed by atoms with Crippen molar-refractivity contribution in [2.45, 2.75) is 13.0 Å². The maximum atomic E-state index is 13.3. The van der Waals surface area contributed by atoms with Crippen LogP contribution in [0, 0.1) is 0 Å². The molecule has 0 spiro atoms. The van der Waals surface area contributed by atoms with Crippen LogP contribution in [0.15, 0.2) is 48.7 Å². The summed E-state index contributed by atoms with van der Waals surface area (Å²) in [6.07, 6.45) is 1.43. The second-order valence-electron chi connectivity index (χ2n) is 7.72. The summed E-state index contributed by atoms with van der Waals surface area (Å²) in [5, 5.41) is 3.56. The molecule has 2 saturated heterocycles. The van der Waals surface area contributed by atoms with Gasteiger partial charge in [0, 0.05) is 58.1 Å². The third-order valence-electron chi connectivity index (χ3n) is 5.79. The topological polar surface area (TPSA) is 78.0 Å². The Hall–Kier alpha value is -3.13. The van der Waals surface area contributed by atoms with Crippen molar-refractivity contribution >= 4 is 17.8 Å². The zero-order chi connectivity index (χ0) is 21.6. The minimum atomic E-state index is -0.315. The molecule has 1 atom stereocenters. The van der Waals surface area contributed by atoms with Gasteiger partial charge in [0.1, 0.15) is 5.82 Å². The van der Waals surface area contributed by atoms with E-state index in [0.717, 1.165) is 25.5 Å². The zero-order valence-corrected chi connectivity index (χ0v) is 17.9. The predicted molar refractivity (Wildman–Crippen MR) is 118 cm³/mol. The number of piperazine rings is 2. The van der Waals surface area contributed by atoms with E-state index in [0.29, 0.717) is 38.3 Å². The maximum absolute atomic E-state index is 13.3. The smallest absolute Gasteiger partial charge is 0.409 e. The molecule has 4 rings (SSSR count). The highest BCUT2D eigenvalue weighted by molar-refractivity contribution is 5.99. The Morgan fingerprint density at radius 3 is 2.52 bits per heavy atom. The van der Waals surface area contributed by atoms with Crippen molar-refractivity contribution in [2.75, 3.05) is 57.3 Å². The van der Waals surface area contributed by atoms with Crippen molar-refractivity contribution in [1.29, 1.82) is 0 Å². The van der Waals surface area contributed by atoms with E-state index in [2.05, 4.69) is 27.3 Å². The molecule has 0 unspecified atom stereocenters. The summed E-state index contributed by atoms with van der Waals surface area (Å²) in [6, 6.07) is 14.2. The van der Waals surface area contributed by atoms with Crippen molar-refractivity contribution in [3.05, 3.63) is 59.8 Å². The van der Waals surface area contributed by atoms with Crippen molar-refractivity contribution < 1.29 is 14.3 Å². The van der Waals surface area contributed by atoms with Crippen LogP contribution in [0.5, 0.6) is 0 Å². The Balaban J connectivity index is 1.46. The van der Waals surface area contributed by atoms with Crippen LogP contribution in [0.2, 0.25) is 0 Å². The minimum Gasteiger partial charge on any atom is -0.450 e. The van der Waals surface area contributed by atoms with Gasteiger partial charge in [0.25, 0.3) is 5.91 Å². The molecule has 8 nitrogen and oxygen atoms in total. The van der Waals surface area contributed by atoms with Gasteiger partial charge in [-0.25, -0.2) is 9.78 Å². The van der Waals surface area contributed by atoms with Crippen LogP contribution in [0.25, 0.3) is 0 Å². The Kier molecular flexibility index (Phi) is 6.66. The first-order valence-corrected chi connectivity index (χ1v) is 10.9. The molecule has 164 valence electrons. The highest BCUT2D eigenvalue weighted by Gasteiger charge is 2.29. The summed E-state index contributed by atoms with van der Waals surface area (Å²) in [6.45, 7) is 6.43. The molecule has 2 aliphatic heterocycles. The highest BCUT2D eigenvalue weighted by Crippen LogP contribution is 2.25. The molecule has 2 aromatic rings. The van der Waals surface area contributed by atoms with Gasteiger partial charge in [0.2, 0.25) is 0 Å². The van der Waals surface area contributed by atoms with E-state index in [1.165, 1.54) is 5.56 Å². The molecular formula is C23H29N5O3. The molecule has 8 heteroatoms. The predicted octanol–water partition coefficient (Wildman–Crippen LogP) is 2.15. The van der Waals surface area contributed by atoms with Crippen LogP contribution in [0.3, 0.4) is 0 Å². The number of nitrogens with one attached hydrogen (secondary N) is 1. The summed E-state index contributed by atoms with van der Waals surface area (Å²) in [5.41, 5.74) is 1.84. The SMILES string of the molecule is CCOC(=O)N1CCN(C(=O)c2cccnc2N2CCN[C@H](c3ccccc3)C2)CC1. The second-order valence-corrected chi connectivity index (χ2v) is 7.72. The lowest BCUT2D eigenvalue weighted by molar-refractivity contribution is 0.0570. The molecule has 1 N–H and O–H groups in total. The van der Waals surface area contributed by atoms with Crippen molar-refractivity contribution in [3.63, 3.8) is 0 Å². The van der Waals surface area contributed by atoms with Gasteiger partial charge >= 0.3 is 6.09 Å². The number of nitrogens with zero attached hydrogens (tertiary/aromatic N) is 4. The van der Waals surface area contributed by atoms with E-state index in [1.807, 2.05) is 30.3 Å². The number of benzene rings is 1. The van der Waals surface area contributed by atoms with Crippen LogP contribution in [-0.4, -0.2) is 79.2 Å². The van der Waals surface area contributed by atoms with E-state index in [-0.39, 0.29) is 18.0 Å². The molecule has 0 saturated carbocycles. The number of ether oxygens (including phenoxy) is 1. The monoisotopic (exact) mass is 423 g/mol. The molecule has 2 fully saturated rings. The fourth-order valence-electron chi connectivity index (χ4n) is 4.14. The molecule has 3 heterocycles. The van der Waals surface area contributed by atoms with Gasteiger partial charge in [-0.05, 0) is 24.6 Å². The molecule has 0 radical (unpaired) electrons. The van der Waals surface area contributed by atoms with Crippen LogP contribution in [-0.2, 0) is 4.74 Å². The Morgan fingerprint density at radius 2 is 1.77 bits per heavy atom. The van der Waals surface area contributed by atoms with Crippen molar-refractivity contribution in [2.24, 2.45) is 0 Å². The van der Waals surface area contributed by atoms with Crippen LogP contribution in [0.1, 0.15) is 28.9 Å². The third kappa shape index (κ3) is 4.80. The minimum absolute atomic E-state index is 0.0404. The Bertz CT molecular complexity index is 899. The van der Waals surface area contributed by atoms with Gasteiger partial charge in [0.05, 0.1) is 12.2 Å². The fraction of sp³-hybridized carbons (Fsp3) is 0.435. The summed E-state index contributed by atoms with van der Waals surface area (Å²) in [4.78, 5) is 35.5. The van der Waals surface area contributed by atoms with E-state index < -0.39 is 0 Å². The van der Waals surface area contributed by atoms with Gasteiger partial charge in [-0.2, -0.15) is 0 Å². The molecule has 2 aliphatic rings. The first kappa shape index (κ1) is 21.1. The third-order valence-corrected chi connectivity index (χ3v) is 5.79. The number of hydrogen-bond donors (Lipinski definition) is 1. The maximum Gasteiger partial charge on any atom is 0.409 e. The summed E-state index contributed by atoms with van der Waals surface area (Å²) in [5.74, 6) is 0.684. The summed E-state index contributed by atoms with van der Waals surface area (Å²) < 4.78 is 5.07. The highest BCUT2D eigenvalue weighted by atomic mass is 16.6. The second kappa shape index (κ2) is 9.78. The zero-order valence-electron chi connectivity index (χ0n) is 17.9. The number of rotatable bonds is 4. The number of amides is 2. The molecule has 0 bridgehead atoms. The average molecular weight is 424 g/mol. The van der Waals surface area contributed by atoms with Gasteiger partial charge in [-0.3, -0.25) is 4.79 Å². The van der Waals surface area contributed by atoms with E-state index in [4.69, 9.17) is 4.74 Å². The first-order chi connectivity index (χ1) is 15.2. The number of pyridine rings is 1. The normalized spacial score (nSPS) is 19.3. The molecule has 2 amide bonds. The lowest BCUT2D eigenvalue weighted by Crippen LogP contribution is -2.51. The van der Waals surface area contributed by atoms with Crippen LogP contribution >= 0.6 is 0 Å². The van der Waals surface area contributed by atoms with Crippen molar-refractivity contribution in [3.8, 4) is 0 Å². The Labute approximate surface area is 182 Å². The molecule has 1 aromatic heterocycles. The lowest BCUT2D eigenvalue weighted by Gasteiger charge is -2.37. The average Bonchev–Trinajstić information content (AvgIpc) is 2.84. The lowest BCUT2D eigenvalue weighted by atomic mass is 10.0. The van der Waals surface area contributed by atoms with Crippen molar-refractivity contribution in [1.82, 2.24) is 20.1 Å². The van der Waals surface area contributed by atoms with E-state index >= 15 is 0 Å². The van der Waals surface area contributed by atoms with Crippen LogP contribution < -0.4 is 10.2 Å². The Morgan fingerprint density at radius 1 is 1.03 bits per heavy atom. The van der Waals surface area contributed by atoms with Gasteiger partial charge < -0.3 is 24.8 Å². The summed E-state index contributed by atoms with van der Waals surface area (Å²) in [7, 11) is 0. The number of carbonyl (C=O) groups excluding carboxylic acids is 2. The quantitative estimate of drug-likeness (QED) is 0.812. The molecule has 0 aliphatic carbocycles. The molecular weight excluding hydrogens is 394 g/mol. The van der Waals surface area contributed by atoms with E-state index in [9.17, 15) is 9.59 Å². The standard InChI is InChI=1S/C23H29N5O3/c1-2-31-23(30)27-15-13-26(14-16-27)22(29)19-9-6-10-25-21(19)28-12-11-24-20(17-28)18-7-4-3-5-8-18/h3-10,20,24H,2,11-17H2,1H3/t20-/m0/s1. The number of anilines is 1. The number of aromatic nitrogens is 1. The van der Waals surface area contributed by atoms with Gasteiger partial charge in [-0.15, -0.1) is 0 Å². The molecule has 31 heavy (non-hydrogen) atoms. The van der Waals surface area contributed by atoms with Gasteiger partial charge in [-0.1, -0.05) is 30.3 Å². The molecule has 1 aromatic carbocycles. The number of carbonyl (C=O) groups is 2. The summed E-state index contributed by atoms with van der Waals surface area (Å²) >= 11 is 0. The van der Waals surface area contributed by atoms with E-state index in [1.54, 1.807) is 22.9 Å². The van der Waals surface area contributed by atoms with Gasteiger partial charge in [0.15, 0.2) is 0 Å².